The third-order valence-corrected chi connectivity index (χ3v) is 8.61. The van der Waals surface area contributed by atoms with Gasteiger partial charge in [0.2, 0.25) is 16.0 Å². The minimum absolute atomic E-state index is 0.103. The summed E-state index contributed by atoms with van der Waals surface area (Å²) in [4.78, 5) is 29.5. The maximum atomic E-state index is 12.5. The van der Waals surface area contributed by atoms with Crippen LogP contribution in [0.15, 0.2) is 42.9 Å². The van der Waals surface area contributed by atoms with Gasteiger partial charge in [-0.3, -0.25) is 15.0 Å². The minimum atomic E-state index is -3.91. The number of fused-ring (bicyclic) bond motifs is 1. The number of anilines is 2. The van der Waals surface area contributed by atoms with Crippen LogP contribution in [0, 0.1) is 6.92 Å². The van der Waals surface area contributed by atoms with Crippen molar-refractivity contribution in [2.24, 2.45) is 0 Å². The van der Waals surface area contributed by atoms with Crippen LogP contribution in [-0.4, -0.2) is 57.4 Å². The summed E-state index contributed by atoms with van der Waals surface area (Å²) >= 11 is 1.34. The molecule has 0 aliphatic carbocycles. The Morgan fingerprint density at radius 3 is 2.43 bits per heavy atom. The van der Waals surface area contributed by atoms with E-state index in [9.17, 15) is 18.3 Å². The molecule has 0 aliphatic rings. The molecule has 37 heavy (non-hydrogen) atoms. The van der Waals surface area contributed by atoms with Gasteiger partial charge in [-0.25, -0.2) is 28.2 Å². The summed E-state index contributed by atoms with van der Waals surface area (Å²) in [5.41, 5.74) is 4.61. The highest BCUT2D eigenvalue weighted by atomic mass is 32.2. The summed E-state index contributed by atoms with van der Waals surface area (Å²) in [6, 6.07) is 7.33. The van der Waals surface area contributed by atoms with Gasteiger partial charge in [0.25, 0.3) is 0 Å². The second-order valence-electron chi connectivity index (χ2n) is 8.91. The molecule has 3 aromatic heterocycles. The summed E-state index contributed by atoms with van der Waals surface area (Å²) in [5.74, 6) is -0.103. The van der Waals surface area contributed by atoms with Gasteiger partial charge in [-0.1, -0.05) is 17.4 Å². The van der Waals surface area contributed by atoms with Crippen molar-refractivity contribution in [2.45, 2.75) is 32.4 Å². The topological polar surface area (TPSA) is 159 Å². The van der Waals surface area contributed by atoms with Gasteiger partial charge in [0.15, 0.2) is 5.13 Å². The fourth-order valence-corrected chi connectivity index (χ4v) is 5.00. The molecule has 0 unspecified atom stereocenters. The lowest BCUT2D eigenvalue weighted by atomic mass is 10.0. The van der Waals surface area contributed by atoms with Crippen LogP contribution in [0.1, 0.15) is 26.3 Å². The standard InChI is InChI=1S/C24H27N7O4S2/c1-5-25-22(33)30-23-29-19-9-15(8-17(20(19)36-23)18-7-6-14(2)10-26-18)16-11-27-21(28-12-16)31-37(34,35)24(3,4)13-32/h6-12,32H,5,13H2,1-4H3,(H,27,28,31)(H2,25,29,30,33). The molecule has 0 atom stereocenters. The van der Waals surface area contributed by atoms with E-state index >= 15 is 0 Å². The summed E-state index contributed by atoms with van der Waals surface area (Å²) in [7, 11) is -3.91. The molecule has 0 saturated carbocycles. The first-order valence-electron chi connectivity index (χ1n) is 11.4. The average molecular weight is 542 g/mol. The third kappa shape index (κ3) is 5.68. The molecule has 4 aromatic rings. The number of urea groups is 1. The second-order valence-corrected chi connectivity index (χ2v) is 12.2. The van der Waals surface area contributed by atoms with Crippen molar-refractivity contribution in [3.8, 4) is 22.4 Å². The fraction of sp³-hybridized carbons (Fsp3) is 0.292. The molecule has 11 nitrogen and oxygen atoms in total. The number of hydrogen-bond donors (Lipinski definition) is 4. The largest absolute Gasteiger partial charge is 0.395 e. The Balaban J connectivity index is 1.74. The Morgan fingerprint density at radius 1 is 1.08 bits per heavy atom. The van der Waals surface area contributed by atoms with Crippen LogP contribution in [0.2, 0.25) is 0 Å². The number of rotatable bonds is 8. The summed E-state index contributed by atoms with van der Waals surface area (Å²) in [6.07, 6.45) is 4.79. The zero-order chi connectivity index (χ0) is 26.8. The number of nitrogens with zero attached hydrogens (tertiary/aromatic N) is 4. The molecule has 0 bridgehead atoms. The van der Waals surface area contributed by atoms with E-state index in [1.807, 2.05) is 38.1 Å². The summed E-state index contributed by atoms with van der Waals surface area (Å²) < 4.78 is 26.8. The molecule has 2 amide bonds. The number of thiazole rings is 1. The van der Waals surface area contributed by atoms with E-state index in [1.54, 1.807) is 6.20 Å². The minimum Gasteiger partial charge on any atom is -0.395 e. The lowest BCUT2D eigenvalue weighted by molar-refractivity contribution is 0.252. The van der Waals surface area contributed by atoms with Gasteiger partial charge in [-0.05, 0) is 57.0 Å². The number of aliphatic hydroxyl groups excluding tert-OH is 1. The predicted octanol–water partition coefficient (Wildman–Crippen LogP) is 3.78. The SMILES string of the molecule is CCNC(=O)Nc1nc2cc(-c3cnc(NS(=O)(=O)C(C)(C)CO)nc3)cc(-c3ccc(C)cn3)c2s1. The van der Waals surface area contributed by atoms with Crippen molar-refractivity contribution >= 4 is 48.7 Å². The number of aliphatic hydroxyl groups is 1. The maximum Gasteiger partial charge on any atom is 0.321 e. The van der Waals surface area contributed by atoms with Gasteiger partial charge in [0, 0.05) is 36.3 Å². The summed E-state index contributed by atoms with van der Waals surface area (Å²) in [6.45, 7) is 6.53. The smallest absolute Gasteiger partial charge is 0.321 e. The van der Waals surface area contributed by atoms with Crippen LogP contribution in [0.4, 0.5) is 15.9 Å². The first-order valence-corrected chi connectivity index (χ1v) is 13.7. The molecule has 1 aromatic carbocycles. The average Bonchev–Trinajstić information content (AvgIpc) is 3.26. The van der Waals surface area contributed by atoms with Gasteiger partial charge in [-0.2, -0.15) is 0 Å². The number of sulfonamides is 1. The Kier molecular flexibility index (Phi) is 7.39. The molecule has 4 rings (SSSR count). The van der Waals surface area contributed by atoms with Crippen molar-refractivity contribution in [1.82, 2.24) is 25.3 Å². The molecular formula is C24H27N7O4S2. The number of pyridine rings is 1. The number of nitrogens with one attached hydrogen (secondary N) is 3. The van der Waals surface area contributed by atoms with E-state index in [1.165, 1.54) is 37.6 Å². The predicted molar refractivity (Wildman–Crippen MR) is 145 cm³/mol. The number of carbonyl (C=O) groups excluding carboxylic acids is 1. The number of carbonyl (C=O) groups is 1. The lowest BCUT2D eigenvalue weighted by Crippen LogP contribution is -2.40. The monoisotopic (exact) mass is 541 g/mol. The van der Waals surface area contributed by atoms with E-state index in [-0.39, 0.29) is 12.0 Å². The van der Waals surface area contributed by atoms with Gasteiger partial charge in [0.05, 0.1) is 22.5 Å². The van der Waals surface area contributed by atoms with Gasteiger partial charge in [-0.15, -0.1) is 0 Å². The Bertz CT molecular complexity index is 1530. The highest BCUT2D eigenvalue weighted by Gasteiger charge is 2.34. The third-order valence-electron chi connectivity index (χ3n) is 5.55. The highest BCUT2D eigenvalue weighted by molar-refractivity contribution is 7.94. The van der Waals surface area contributed by atoms with Crippen molar-refractivity contribution < 1.29 is 18.3 Å². The maximum absolute atomic E-state index is 12.5. The molecule has 194 valence electrons. The number of hydrogen-bond acceptors (Lipinski definition) is 9. The number of aryl methyl sites for hydroxylation is 1. The molecule has 0 fully saturated rings. The van der Waals surface area contributed by atoms with E-state index < -0.39 is 21.4 Å². The number of aromatic nitrogens is 4. The van der Waals surface area contributed by atoms with Crippen molar-refractivity contribution in [3.05, 3.63) is 48.4 Å². The van der Waals surface area contributed by atoms with E-state index in [4.69, 9.17) is 0 Å². The van der Waals surface area contributed by atoms with Crippen LogP contribution in [0.3, 0.4) is 0 Å². The van der Waals surface area contributed by atoms with Gasteiger partial charge < -0.3 is 10.4 Å². The number of amides is 2. The Hall–Kier alpha value is -3.68. The molecule has 0 saturated heterocycles. The normalized spacial score (nSPS) is 11.9. The number of benzene rings is 1. The van der Waals surface area contributed by atoms with Crippen molar-refractivity contribution in [1.29, 1.82) is 0 Å². The molecule has 0 radical (unpaired) electrons. The van der Waals surface area contributed by atoms with Crippen LogP contribution < -0.4 is 15.4 Å². The molecule has 13 heteroatoms. The molecule has 0 spiro atoms. The second kappa shape index (κ2) is 10.4. The lowest BCUT2D eigenvalue weighted by Gasteiger charge is -2.22. The van der Waals surface area contributed by atoms with Crippen LogP contribution in [-0.2, 0) is 10.0 Å². The first-order chi connectivity index (χ1) is 17.5. The van der Waals surface area contributed by atoms with Crippen molar-refractivity contribution in [3.63, 3.8) is 0 Å². The molecule has 4 N–H and O–H groups in total. The highest BCUT2D eigenvalue weighted by Crippen LogP contribution is 2.38. The quantitative estimate of drug-likeness (QED) is 0.262. The van der Waals surface area contributed by atoms with Crippen molar-refractivity contribution in [2.75, 3.05) is 23.2 Å². The molecule has 3 heterocycles. The van der Waals surface area contributed by atoms with Gasteiger partial charge in [0.1, 0.15) is 4.75 Å². The van der Waals surface area contributed by atoms with Crippen LogP contribution in [0.25, 0.3) is 32.6 Å². The zero-order valence-corrected chi connectivity index (χ0v) is 22.4. The molecular weight excluding hydrogens is 514 g/mol. The summed E-state index contributed by atoms with van der Waals surface area (Å²) in [5, 5.41) is 15.3. The van der Waals surface area contributed by atoms with Crippen LogP contribution >= 0.6 is 11.3 Å². The Labute approximate surface area is 218 Å². The zero-order valence-electron chi connectivity index (χ0n) is 20.7. The Morgan fingerprint density at radius 2 is 1.81 bits per heavy atom. The van der Waals surface area contributed by atoms with Gasteiger partial charge >= 0.3 is 6.03 Å². The first kappa shape index (κ1) is 26.4. The van der Waals surface area contributed by atoms with E-state index in [0.29, 0.717) is 22.8 Å². The fourth-order valence-electron chi connectivity index (χ4n) is 3.25. The molecule has 0 aliphatic heterocycles. The van der Waals surface area contributed by atoms with Crippen LogP contribution in [0.5, 0.6) is 0 Å². The van der Waals surface area contributed by atoms with E-state index in [0.717, 1.165) is 27.1 Å². The van der Waals surface area contributed by atoms with E-state index in [2.05, 4.69) is 35.3 Å².